The number of rotatable bonds is 9. The van der Waals surface area contributed by atoms with Crippen molar-refractivity contribution in [2.75, 3.05) is 9.80 Å². The Hall–Kier alpha value is -11.7. The van der Waals surface area contributed by atoms with Crippen molar-refractivity contribution in [2.45, 2.75) is 112 Å². The van der Waals surface area contributed by atoms with Gasteiger partial charge in [-0.25, -0.2) is 0 Å². The quantitative estimate of drug-likeness (QED) is 0.134. The van der Waals surface area contributed by atoms with Gasteiger partial charge in [0.05, 0.1) is 59.5 Å². The zero-order valence-corrected chi connectivity index (χ0v) is 61.3. The van der Waals surface area contributed by atoms with Gasteiger partial charge in [0, 0.05) is 82.0 Å². The van der Waals surface area contributed by atoms with Crippen LogP contribution < -0.4 is 26.2 Å². The molecule has 0 radical (unpaired) electrons. The van der Waals surface area contributed by atoms with Gasteiger partial charge in [0.1, 0.15) is 0 Å². The molecule has 0 atom stereocenters. The largest absolute Gasteiger partial charge is 0.310 e. The summed E-state index contributed by atoms with van der Waals surface area (Å²) in [6.07, 6.45) is 0. The molecule has 0 saturated heterocycles. The predicted molar refractivity (Wildman–Crippen MR) is 456 cm³/mol. The summed E-state index contributed by atoms with van der Waals surface area (Å²) >= 11 is 0. The van der Waals surface area contributed by atoms with Crippen LogP contribution in [-0.4, -0.2) is 15.8 Å². The van der Waals surface area contributed by atoms with E-state index < -0.39 is 166 Å². The molecule has 0 N–H and O–H groups in total. The monoisotopic (exact) mass is 1390 g/mol. The van der Waals surface area contributed by atoms with E-state index in [0.29, 0.717) is 67.0 Å². The lowest BCUT2D eigenvalue weighted by molar-refractivity contribution is 0.590. The molecule has 4 nitrogen and oxygen atoms in total. The maximum Gasteiger partial charge on any atom is 0.252 e. The molecule has 5 heteroatoms. The number of anilines is 6. The summed E-state index contributed by atoms with van der Waals surface area (Å²) in [5.41, 5.74) is 1.11. The fourth-order valence-corrected chi connectivity index (χ4v) is 15.4. The van der Waals surface area contributed by atoms with E-state index in [0.717, 1.165) is 20.3 Å². The Kier molecular flexibility index (Phi) is 10.8. The molecule has 0 unspecified atom stereocenters. The highest BCUT2D eigenvalue weighted by molar-refractivity contribution is 7.00. The van der Waals surface area contributed by atoms with Crippen LogP contribution in [0.1, 0.15) is 141 Å². The first kappa shape index (κ1) is 46.2. The van der Waals surface area contributed by atoms with Crippen molar-refractivity contribution in [3.8, 4) is 67.0 Å². The van der Waals surface area contributed by atoms with E-state index in [2.05, 4.69) is 65.8 Å². The summed E-state index contributed by atoms with van der Waals surface area (Å²) < 4.78 is 231. The molecule has 4 heterocycles. The van der Waals surface area contributed by atoms with Crippen LogP contribution in [0.4, 0.5) is 34.1 Å². The van der Waals surface area contributed by atoms with Crippen LogP contribution in [0.2, 0.25) is 0 Å². The van der Waals surface area contributed by atoms with E-state index in [1.54, 1.807) is 41.5 Å². The SMILES string of the molecule is [2H]c1c([2H])c(-n2c3c([2H])c([2H])c([2H])c([2H])c3c3c([2H])c(C(C)(C)C)c([2H])c([2H])c32)c([2H])c2c1B1c3c(cc(-c4ccccc4)cc3N(c3c(-c4ccccc4)cc(C(C)(C)C)cc3-c3ccccc3)c3c([2H])c(-n4c5c([2H])c([2H])c([2H])c([2H])c5c5c([2H])c(C(C)(C)C)c([2H])c([2H])c54)c([2H])c(C([2H])([2H])[2H])c31)N2c1c(-c2ccccc2)cc(C(C)(C)C)cc1-c1ccccc1. The summed E-state index contributed by atoms with van der Waals surface area (Å²) in [7, 11) is 0. The molecule has 14 aromatic carbocycles. The van der Waals surface area contributed by atoms with Gasteiger partial charge in [-0.3, -0.25) is 0 Å². The zero-order chi connectivity index (χ0) is 91.9. The molecule has 2 aliphatic heterocycles. The Morgan fingerprint density at radius 2 is 0.670 bits per heavy atom. The van der Waals surface area contributed by atoms with Gasteiger partial charge in [-0.05, 0) is 197 Å². The molecule has 516 valence electrons. The van der Waals surface area contributed by atoms with Crippen molar-refractivity contribution in [2.24, 2.45) is 0 Å². The van der Waals surface area contributed by atoms with Crippen LogP contribution in [-0.2, 0) is 21.7 Å². The van der Waals surface area contributed by atoms with E-state index in [1.165, 1.54) is 0 Å². The predicted octanol–water partition coefficient (Wildman–Crippen LogP) is 25.8. The lowest BCUT2D eigenvalue weighted by Crippen LogP contribution is -2.62. The van der Waals surface area contributed by atoms with E-state index in [-0.39, 0.29) is 94.9 Å². The summed E-state index contributed by atoms with van der Waals surface area (Å²) in [6.45, 7) is 17.6. The second kappa shape index (κ2) is 24.7. The van der Waals surface area contributed by atoms with Crippen molar-refractivity contribution in [1.82, 2.24) is 9.13 Å². The fourth-order valence-electron chi connectivity index (χ4n) is 15.4. The van der Waals surface area contributed by atoms with Crippen molar-refractivity contribution in [3.63, 3.8) is 0 Å². The minimum atomic E-state index is -3.57. The number of para-hydroxylation sites is 2. The zero-order valence-electron chi connectivity index (χ0n) is 83.3. The number of hydrogen-bond acceptors (Lipinski definition) is 2. The van der Waals surface area contributed by atoms with Crippen molar-refractivity contribution >= 4 is 101 Å². The number of fused-ring (bicyclic) bond motifs is 10. The second-order valence-electron chi connectivity index (χ2n) is 32.0. The third-order valence-corrected chi connectivity index (χ3v) is 20.9. The van der Waals surface area contributed by atoms with Crippen molar-refractivity contribution < 1.29 is 30.2 Å². The lowest BCUT2D eigenvalue weighted by atomic mass is 9.32. The molecule has 0 aliphatic carbocycles. The average molecular weight is 1390 g/mol. The van der Waals surface area contributed by atoms with E-state index in [1.807, 2.05) is 174 Å². The molecule has 0 bridgehead atoms. The molecular weight excluding hydrogens is 1280 g/mol. The normalized spacial score (nSPS) is 16.1. The second-order valence-corrected chi connectivity index (χ2v) is 32.0. The van der Waals surface area contributed by atoms with Gasteiger partial charge in [0.2, 0.25) is 0 Å². The topological polar surface area (TPSA) is 16.3 Å². The van der Waals surface area contributed by atoms with Gasteiger partial charge in [0.15, 0.2) is 0 Å². The van der Waals surface area contributed by atoms with Gasteiger partial charge >= 0.3 is 0 Å². The number of benzene rings is 14. The first-order valence-electron chi connectivity index (χ1n) is 47.1. The molecule has 106 heavy (non-hydrogen) atoms. The standard InChI is InChI=1S/C101H89BN4/c1-64-53-76(104-87-46-32-30-44-78(87)84-57-72(99(5,6)7)48-52-89(84)104)63-93-94(64)102-85-50-49-75(103-86-45-31-29-43-77(86)83-56-71(98(2,3)4)47-51-88(83)103)62-90(85)105(96-79(66-35-21-15-22-36-66)58-73(100(8,9)10)59-80(96)67-37-23-16-24-38-67)91-54-70(65-33-19-14-20-34-65)55-92(95(91)102)106(93)97-81(68-39-25-17-26-40-68)60-74(101(11,12)13)61-82(97)69-41-27-18-28-42-69/h14-63H,1-13H3/i1D3,29D,30D,31D,32D,43D,44D,45D,46D,47D,48D,49D,50D,51D,52D,53D,56D,57D,62D,63D. The minimum absolute atomic E-state index is 0.0409. The van der Waals surface area contributed by atoms with Crippen LogP contribution in [0.5, 0.6) is 0 Å². The van der Waals surface area contributed by atoms with Crippen LogP contribution in [0.15, 0.2) is 303 Å². The first-order chi connectivity index (χ1) is 60.2. The highest BCUT2D eigenvalue weighted by Gasteiger charge is 2.47. The smallest absolute Gasteiger partial charge is 0.252 e. The Morgan fingerprint density at radius 1 is 0.302 bits per heavy atom. The Bertz CT molecular complexity index is 7350. The van der Waals surface area contributed by atoms with Crippen LogP contribution >= 0.6 is 0 Å². The fraction of sp³-hybridized carbons (Fsp3) is 0.168. The summed E-state index contributed by atoms with van der Waals surface area (Å²) in [5, 5.41) is -0.985. The highest BCUT2D eigenvalue weighted by atomic mass is 15.2. The molecule has 0 fully saturated rings. The molecule has 18 rings (SSSR count). The van der Waals surface area contributed by atoms with Crippen molar-refractivity contribution in [3.05, 3.63) is 331 Å². The van der Waals surface area contributed by atoms with E-state index >= 15 is 0 Å². The number of hydrogen-bond donors (Lipinski definition) is 0. The van der Waals surface area contributed by atoms with Gasteiger partial charge < -0.3 is 18.9 Å². The summed E-state index contributed by atoms with van der Waals surface area (Å²) in [6, 6.07) is 47.5. The molecule has 2 aliphatic rings. The van der Waals surface area contributed by atoms with Gasteiger partial charge in [-0.1, -0.05) is 295 Å². The molecule has 0 amide bonds. The highest BCUT2D eigenvalue weighted by Crippen LogP contribution is 2.56. The summed E-state index contributed by atoms with van der Waals surface area (Å²) in [4.78, 5) is 3.70. The average Bonchev–Trinajstić information content (AvgIpc) is 0.824. The van der Waals surface area contributed by atoms with E-state index in [9.17, 15) is 30.2 Å². The lowest BCUT2D eigenvalue weighted by Gasteiger charge is -2.47. The molecule has 2 aromatic heterocycles. The maximum atomic E-state index is 12.0. The number of aromatic nitrogens is 2. The minimum Gasteiger partial charge on any atom is -0.310 e. The van der Waals surface area contributed by atoms with E-state index in [4.69, 9.17) is 0 Å². The van der Waals surface area contributed by atoms with Crippen LogP contribution in [0.3, 0.4) is 0 Å². The number of nitrogens with zero attached hydrogens (tertiary/aromatic N) is 4. The van der Waals surface area contributed by atoms with Gasteiger partial charge in [0.25, 0.3) is 6.71 Å². The Balaban J connectivity index is 1.16. The van der Waals surface area contributed by atoms with Gasteiger partial charge in [-0.15, -0.1) is 0 Å². The van der Waals surface area contributed by atoms with Crippen LogP contribution in [0.25, 0.3) is 111 Å². The molecule has 16 aromatic rings. The maximum absolute atomic E-state index is 12.0. The van der Waals surface area contributed by atoms with Crippen molar-refractivity contribution in [1.29, 1.82) is 0 Å². The first-order valence-corrected chi connectivity index (χ1v) is 36.1. The van der Waals surface area contributed by atoms with Crippen LogP contribution in [0, 0.1) is 6.85 Å². The Morgan fingerprint density at radius 3 is 1.08 bits per heavy atom. The Labute approximate surface area is 656 Å². The third-order valence-electron chi connectivity index (χ3n) is 20.9. The molecular formula is C101H89BN4. The third kappa shape index (κ3) is 10.9. The molecule has 0 spiro atoms. The van der Waals surface area contributed by atoms with Gasteiger partial charge in [-0.2, -0.15) is 0 Å². The summed E-state index contributed by atoms with van der Waals surface area (Å²) in [5.74, 6) is 0. The molecule has 0 saturated carbocycles.